The second-order valence-electron chi connectivity index (χ2n) is 8.11. The van der Waals surface area contributed by atoms with E-state index in [1.165, 1.54) is 37.8 Å². The molecular weight excluding hydrogens is 324 g/mol. The minimum absolute atomic E-state index is 0.540. The molecule has 0 atom stereocenters. The fourth-order valence-electron chi connectivity index (χ4n) is 4.00. The third-order valence-electron chi connectivity index (χ3n) is 5.86. The van der Waals surface area contributed by atoms with Crippen molar-refractivity contribution < 1.29 is 4.74 Å². The standard InChI is InChI=1S/C21H36N4O/c1-18(2)19(3)24-13-11-23(12-14-24)15-16-26-17-20-9-10-25(22-20)21-7-5-4-6-8-21/h9-10,18,21H,3-8,11-17H2,1-2H3. The summed E-state index contributed by atoms with van der Waals surface area (Å²) in [4.78, 5) is 4.92. The highest BCUT2D eigenvalue weighted by atomic mass is 16.5. The fourth-order valence-corrected chi connectivity index (χ4v) is 4.00. The van der Waals surface area contributed by atoms with Gasteiger partial charge in [0.1, 0.15) is 0 Å². The molecule has 5 nitrogen and oxygen atoms in total. The zero-order valence-electron chi connectivity index (χ0n) is 16.7. The molecular formula is C21H36N4O. The maximum absolute atomic E-state index is 5.89. The first-order valence-corrected chi connectivity index (χ1v) is 10.4. The molecule has 0 spiro atoms. The van der Waals surface area contributed by atoms with Gasteiger partial charge in [-0.05, 0) is 24.8 Å². The van der Waals surface area contributed by atoms with E-state index in [1.807, 2.05) is 0 Å². The number of allylic oxidation sites excluding steroid dienone is 1. The molecule has 26 heavy (non-hydrogen) atoms. The number of ether oxygens (including phenoxy) is 1. The summed E-state index contributed by atoms with van der Waals surface area (Å²) in [5.41, 5.74) is 2.34. The third-order valence-corrected chi connectivity index (χ3v) is 5.86. The summed E-state index contributed by atoms with van der Waals surface area (Å²) in [5.74, 6) is 0.540. The first-order valence-electron chi connectivity index (χ1n) is 10.4. The van der Waals surface area contributed by atoms with Crippen LogP contribution in [-0.2, 0) is 11.3 Å². The number of piperazine rings is 1. The zero-order valence-corrected chi connectivity index (χ0v) is 16.7. The molecule has 0 radical (unpaired) electrons. The van der Waals surface area contributed by atoms with Gasteiger partial charge in [0, 0.05) is 44.6 Å². The van der Waals surface area contributed by atoms with E-state index in [4.69, 9.17) is 9.84 Å². The maximum Gasteiger partial charge on any atom is 0.0907 e. The Kier molecular flexibility index (Phi) is 7.15. The van der Waals surface area contributed by atoms with Crippen molar-refractivity contribution >= 4 is 0 Å². The van der Waals surface area contributed by atoms with E-state index in [2.05, 4.69) is 47.2 Å². The predicted molar refractivity (Wildman–Crippen MR) is 106 cm³/mol. The first-order chi connectivity index (χ1) is 12.6. The van der Waals surface area contributed by atoms with E-state index in [-0.39, 0.29) is 0 Å². The molecule has 1 aliphatic heterocycles. The number of hydrogen-bond donors (Lipinski definition) is 0. The maximum atomic E-state index is 5.89. The highest BCUT2D eigenvalue weighted by Gasteiger charge is 2.19. The van der Waals surface area contributed by atoms with Crippen LogP contribution in [0.25, 0.3) is 0 Å². The Bertz CT molecular complexity index is 554. The number of hydrogen-bond acceptors (Lipinski definition) is 4. The highest BCUT2D eigenvalue weighted by molar-refractivity contribution is 4.99. The lowest BCUT2D eigenvalue weighted by molar-refractivity contribution is 0.0718. The van der Waals surface area contributed by atoms with Gasteiger partial charge in [0.25, 0.3) is 0 Å². The molecule has 1 aromatic rings. The molecule has 1 aromatic heterocycles. The van der Waals surface area contributed by atoms with Gasteiger partial charge in [-0.25, -0.2) is 0 Å². The van der Waals surface area contributed by atoms with Gasteiger partial charge in [-0.15, -0.1) is 0 Å². The summed E-state index contributed by atoms with van der Waals surface area (Å²) in [6, 6.07) is 2.72. The predicted octanol–water partition coefficient (Wildman–Crippen LogP) is 3.69. The van der Waals surface area contributed by atoms with Crippen LogP contribution in [0.4, 0.5) is 0 Å². The largest absolute Gasteiger partial charge is 0.374 e. The summed E-state index contributed by atoms with van der Waals surface area (Å²) in [5, 5.41) is 4.73. The molecule has 2 heterocycles. The van der Waals surface area contributed by atoms with Crippen LogP contribution in [-0.4, -0.2) is 58.9 Å². The Morgan fingerprint density at radius 3 is 2.62 bits per heavy atom. The fraction of sp³-hybridized carbons (Fsp3) is 0.762. The van der Waals surface area contributed by atoms with E-state index >= 15 is 0 Å². The summed E-state index contributed by atoms with van der Waals surface area (Å²) in [6.07, 6.45) is 8.75. The zero-order chi connectivity index (χ0) is 18.4. The lowest BCUT2D eigenvalue weighted by atomic mass is 9.96. The second-order valence-corrected chi connectivity index (χ2v) is 8.11. The van der Waals surface area contributed by atoms with Crippen LogP contribution >= 0.6 is 0 Å². The van der Waals surface area contributed by atoms with E-state index in [0.29, 0.717) is 18.6 Å². The van der Waals surface area contributed by atoms with Gasteiger partial charge in [-0.2, -0.15) is 5.10 Å². The normalized spacial score (nSPS) is 20.0. The molecule has 146 valence electrons. The quantitative estimate of drug-likeness (QED) is 0.662. The molecule has 1 aliphatic carbocycles. The lowest BCUT2D eigenvalue weighted by Crippen LogP contribution is -2.47. The Hall–Kier alpha value is -1.33. The van der Waals surface area contributed by atoms with Gasteiger partial charge in [0.2, 0.25) is 0 Å². The molecule has 0 bridgehead atoms. The Balaban J connectivity index is 1.31. The Morgan fingerprint density at radius 1 is 1.19 bits per heavy atom. The van der Waals surface area contributed by atoms with E-state index < -0.39 is 0 Å². The average molecular weight is 361 g/mol. The number of nitrogens with zero attached hydrogens (tertiary/aromatic N) is 4. The van der Waals surface area contributed by atoms with Crippen molar-refractivity contribution in [2.75, 3.05) is 39.3 Å². The summed E-state index contributed by atoms with van der Waals surface area (Å²) in [7, 11) is 0. The molecule has 1 saturated heterocycles. The SMILES string of the molecule is C=C(C(C)C)N1CCN(CCOCc2ccn(C3CCCCC3)n2)CC1. The topological polar surface area (TPSA) is 33.5 Å². The molecule has 5 heteroatoms. The van der Waals surface area contributed by atoms with Gasteiger partial charge in [-0.1, -0.05) is 39.7 Å². The van der Waals surface area contributed by atoms with Crippen molar-refractivity contribution in [1.29, 1.82) is 0 Å². The number of aromatic nitrogens is 2. The van der Waals surface area contributed by atoms with Gasteiger partial charge < -0.3 is 9.64 Å². The van der Waals surface area contributed by atoms with Crippen LogP contribution in [0.15, 0.2) is 24.5 Å². The third kappa shape index (κ3) is 5.34. The van der Waals surface area contributed by atoms with Gasteiger partial charge in [0.05, 0.1) is 24.9 Å². The Morgan fingerprint density at radius 2 is 1.92 bits per heavy atom. The molecule has 0 N–H and O–H groups in total. The molecule has 1 saturated carbocycles. The first kappa shape index (κ1) is 19.4. The average Bonchev–Trinajstić information content (AvgIpc) is 3.15. The summed E-state index contributed by atoms with van der Waals surface area (Å²) in [6.45, 7) is 15.5. The molecule has 2 fully saturated rings. The highest BCUT2D eigenvalue weighted by Crippen LogP contribution is 2.27. The van der Waals surface area contributed by atoms with E-state index in [9.17, 15) is 0 Å². The van der Waals surface area contributed by atoms with Crippen molar-refractivity contribution in [1.82, 2.24) is 19.6 Å². The minimum Gasteiger partial charge on any atom is -0.374 e. The minimum atomic E-state index is 0.540. The monoisotopic (exact) mass is 360 g/mol. The van der Waals surface area contributed by atoms with Crippen LogP contribution in [0.2, 0.25) is 0 Å². The van der Waals surface area contributed by atoms with Gasteiger partial charge >= 0.3 is 0 Å². The van der Waals surface area contributed by atoms with Crippen molar-refractivity contribution in [2.45, 2.75) is 58.6 Å². The van der Waals surface area contributed by atoms with Crippen LogP contribution in [0, 0.1) is 5.92 Å². The molecule has 2 aliphatic rings. The van der Waals surface area contributed by atoms with Crippen LogP contribution < -0.4 is 0 Å². The second kappa shape index (κ2) is 9.56. The van der Waals surface area contributed by atoms with E-state index in [1.54, 1.807) is 0 Å². The lowest BCUT2D eigenvalue weighted by Gasteiger charge is -2.38. The van der Waals surface area contributed by atoms with Gasteiger partial charge in [0.15, 0.2) is 0 Å². The van der Waals surface area contributed by atoms with Crippen LogP contribution in [0.5, 0.6) is 0 Å². The van der Waals surface area contributed by atoms with E-state index in [0.717, 1.165) is 45.0 Å². The summed E-state index contributed by atoms with van der Waals surface area (Å²) >= 11 is 0. The summed E-state index contributed by atoms with van der Waals surface area (Å²) < 4.78 is 8.05. The molecule has 3 rings (SSSR count). The van der Waals surface area contributed by atoms with Crippen molar-refractivity contribution in [2.24, 2.45) is 5.92 Å². The van der Waals surface area contributed by atoms with Crippen LogP contribution in [0.1, 0.15) is 57.7 Å². The molecule has 0 aromatic carbocycles. The Labute approximate surface area is 159 Å². The van der Waals surface area contributed by atoms with Crippen molar-refractivity contribution in [3.05, 3.63) is 30.2 Å². The van der Waals surface area contributed by atoms with Gasteiger partial charge in [-0.3, -0.25) is 9.58 Å². The molecule has 0 amide bonds. The smallest absolute Gasteiger partial charge is 0.0907 e. The molecule has 0 unspecified atom stereocenters. The van der Waals surface area contributed by atoms with Crippen molar-refractivity contribution in [3.8, 4) is 0 Å². The van der Waals surface area contributed by atoms with Crippen molar-refractivity contribution in [3.63, 3.8) is 0 Å². The van der Waals surface area contributed by atoms with Crippen LogP contribution in [0.3, 0.4) is 0 Å². The number of rotatable bonds is 8.